The molecule has 4 heteroatoms. The van der Waals surface area contributed by atoms with E-state index < -0.39 is 0 Å². The summed E-state index contributed by atoms with van der Waals surface area (Å²) >= 11 is 0. The number of aryl methyl sites for hydroxylation is 1. The van der Waals surface area contributed by atoms with Gasteiger partial charge in [-0.05, 0) is 30.9 Å². The number of aromatic nitrogens is 1. The first-order valence-corrected chi connectivity index (χ1v) is 6.10. The van der Waals surface area contributed by atoms with E-state index in [2.05, 4.69) is 4.98 Å². The average molecular weight is 234 g/mol. The topological polar surface area (TPSA) is 53.4 Å². The van der Waals surface area contributed by atoms with Crippen LogP contribution in [0.25, 0.3) is 0 Å². The van der Waals surface area contributed by atoms with Gasteiger partial charge in [0.1, 0.15) is 0 Å². The number of hydrogen-bond donors (Lipinski definition) is 1. The zero-order valence-corrected chi connectivity index (χ0v) is 9.88. The Kier molecular flexibility index (Phi) is 4.09. The van der Waals surface area contributed by atoms with E-state index >= 15 is 0 Å². The van der Waals surface area contributed by atoms with Crippen LogP contribution in [0.3, 0.4) is 0 Å². The highest BCUT2D eigenvalue weighted by Crippen LogP contribution is 2.18. The quantitative estimate of drug-likeness (QED) is 0.845. The van der Waals surface area contributed by atoms with Crippen LogP contribution in [-0.4, -0.2) is 40.1 Å². The summed E-state index contributed by atoms with van der Waals surface area (Å²) in [5, 5.41) is 9.17. The van der Waals surface area contributed by atoms with E-state index in [1.165, 1.54) is 0 Å². The molecule has 1 aliphatic heterocycles. The molecule has 0 spiro atoms. The largest absolute Gasteiger partial charge is 0.394 e. The van der Waals surface area contributed by atoms with E-state index in [0.29, 0.717) is 6.42 Å². The molecule has 0 saturated carbocycles. The van der Waals surface area contributed by atoms with Crippen molar-refractivity contribution in [2.45, 2.75) is 31.7 Å². The number of aliphatic hydroxyl groups is 1. The van der Waals surface area contributed by atoms with Crippen LogP contribution in [-0.2, 0) is 11.2 Å². The van der Waals surface area contributed by atoms with Crippen molar-refractivity contribution in [1.82, 2.24) is 9.88 Å². The summed E-state index contributed by atoms with van der Waals surface area (Å²) in [6, 6.07) is 3.90. The maximum atomic E-state index is 12.0. The fourth-order valence-corrected chi connectivity index (χ4v) is 2.29. The molecule has 1 aliphatic rings. The summed E-state index contributed by atoms with van der Waals surface area (Å²) in [5.74, 6) is 0.144. The number of nitrogens with zero attached hydrogens (tertiary/aromatic N) is 2. The van der Waals surface area contributed by atoms with Crippen LogP contribution in [0.15, 0.2) is 24.5 Å². The second-order valence-electron chi connectivity index (χ2n) is 4.43. The molecule has 2 rings (SSSR count). The summed E-state index contributed by atoms with van der Waals surface area (Å²) in [6.45, 7) is 0.871. The summed E-state index contributed by atoms with van der Waals surface area (Å²) in [7, 11) is 0. The molecule has 0 unspecified atom stereocenters. The molecule has 1 amide bonds. The predicted molar refractivity (Wildman–Crippen MR) is 64.4 cm³/mol. The lowest BCUT2D eigenvalue weighted by Gasteiger charge is -2.22. The van der Waals surface area contributed by atoms with E-state index in [9.17, 15) is 4.79 Å². The van der Waals surface area contributed by atoms with E-state index in [-0.39, 0.29) is 18.6 Å². The molecule has 0 radical (unpaired) electrons. The third-order valence-electron chi connectivity index (χ3n) is 3.26. The van der Waals surface area contributed by atoms with Crippen molar-refractivity contribution in [3.63, 3.8) is 0 Å². The normalized spacial score (nSPS) is 19.6. The van der Waals surface area contributed by atoms with Gasteiger partial charge >= 0.3 is 0 Å². The van der Waals surface area contributed by atoms with Gasteiger partial charge in [-0.15, -0.1) is 0 Å². The zero-order chi connectivity index (χ0) is 12.1. The first-order valence-electron chi connectivity index (χ1n) is 6.10. The third kappa shape index (κ3) is 3.03. The predicted octanol–water partition coefficient (Wildman–Crippen LogP) is 0.998. The maximum absolute atomic E-state index is 12.0. The minimum absolute atomic E-state index is 0.0383. The molecule has 92 valence electrons. The van der Waals surface area contributed by atoms with Gasteiger partial charge in [0, 0.05) is 25.4 Å². The van der Waals surface area contributed by atoms with Crippen LogP contribution < -0.4 is 0 Å². The highest BCUT2D eigenvalue weighted by Gasteiger charge is 2.27. The van der Waals surface area contributed by atoms with E-state index in [1.54, 1.807) is 12.4 Å². The number of aliphatic hydroxyl groups excluding tert-OH is 1. The van der Waals surface area contributed by atoms with Crippen molar-refractivity contribution in [3.05, 3.63) is 30.1 Å². The fraction of sp³-hybridized carbons (Fsp3) is 0.538. The van der Waals surface area contributed by atoms with Crippen molar-refractivity contribution in [2.75, 3.05) is 13.2 Å². The number of pyridine rings is 1. The number of hydrogen-bond acceptors (Lipinski definition) is 3. The Balaban J connectivity index is 1.85. The summed E-state index contributed by atoms with van der Waals surface area (Å²) in [5.41, 5.74) is 1.08. The molecule has 1 saturated heterocycles. The van der Waals surface area contributed by atoms with E-state index in [1.807, 2.05) is 17.0 Å². The number of likely N-dealkylation sites (tertiary alicyclic amines) is 1. The molecule has 1 fully saturated rings. The molecule has 4 nitrogen and oxygen atoms in total. The molecule has 0 aliphatic carbocycles. The van der Waals surface area contributed by atoms with E-state index in [0.717, 1.165) is 31.4 Å². The summed E-state index contributed by atoms with van der Waals surface area (Å²) < 4.78 is 0. The van der Waals surface area contributed by atoms with Gasteiger partial charge in [0.05, 0.1) is 12.6 Å². The number of carbonyl (C=O) groups is 1. The van der Waals surface area contributed by atoms with Crippen LogP contribution in [0.1, 0.15) is 24.8 Å². The Hall–Kier alpha value is -1.42. The van der Waals surface area contributed by atoms with Crippen molar-refractivity contribution in [3.8, 4) is 0 Å². The molecular weight excluding hydrogens is 216 g/mol. The monoisotopic (exact) mass is 234 g/mol. The van der Waals surface area contributed by atoms with Crippen LogP contribution in [0.5, 0.6) is 0 Å². The number of carbonyl (C=O) groups excluding carboxylic acids is 1. The minimum Gasteiger partial charge on any atom is -0.394 e. The van der Waals surface area contributed by atoms with E-state index in [4.69, 9.17) is 5.11 Å². The maximum Gasteiger partial charge on any atom is 0.223 e. The minimum atomic E-state index is 0.0383. The summed E-state index contributed by atoms with van der Waals surface area (Å²) in [4.78, 5) is 17.8. The lowest BCUT2D eigenvalue weighted by Crippen LogP contribution is -2.37. The van der Waals surface area contributed by atoms with Crippen molar-refractivity contribution in [2.24, 2.45) is 0 Å². The zero-order valence-electron chi connectivity index (χ0n) is 9.88. The summed E-state index contributed by atoms with van der Waals surface area (Å²) in [6.07, 6.45) is 6.68. The second kappa shape index (κ2) is 5.77. The molecule has 0 aromatic carbocycles. The van der Waals surface area contributed by atoms with Gasteiger partial charge in [-0.2, -0.15) is 0 Å². The Morgan fingerprint density at radius 3 is 3.18 bits per heavy atom. The van der Waals surface area contributed by atoms with Gasteiger partial charge < -0.3 is 10.0 Å². The van der Waals surface area contributed by atoms with Gasteiger partial charge in [-0.25, -0.2) is 0 Å². The smallest absolute Gasteiger partial charge is 0.223 e. The number of amides is 1. The Bertz CT molecular complexity index is 367. The second-order valence-corrected chi connectivity index (χ2v) is 4.43. The first-order chi connectivity index (χ1) is 8.31. The van der Waals surface area contributed by atoms with Gasteiger partial charge in [0.15, 0.2) is 0 Å². The standard InChI is InChI=1S/C13H18N2O2/c16-10-12-4-2-8-15(12)13(17)6-5-11-3-1-7-14-9-11/h1,3,7,9,12,16H,2,4-6,8,10H2/t12-/m1/s1. The molecule has 2 heterocycles. The van der Waals surface area contributed by atoms with Crippen molar-refractivity contribution in [1.29, 1.82) is 0 Å². The SMILES string of the molecule is O=C(CCc1cccnc1)N1CCC[C@@H]1CO. The van der Waals surface area contributed by atoms with Gasteiger partial charge in [0.25, 0.3) is 0 Å². The molecule has 17 heavy (non-hydrogen) atoms. The molecule has 1 aromatic rings. The van der Waals surface area contributed by atoms with Crippen LogP contribution in [0.4, 0.5) is 0 Å². The van der Waals surface area contributed by atoms with Gasteiger partial charge in [-0.1, -0.05) is 6.07 Å². The lowest BCUT2D eigenvalue weighted by molar-refractivity contribution is -0.132. The highest BCUT2D eigenvalue weighted by atomic mass is 16.3. The highest BCUT2D eigenvalue weighted by molar-refractivity contribution is 5.77. The van der Waals surface area contributed by atoms with Crippen LogP contribution in [0.2, 0.25) is 0 Å². The van der Waals surface area contributed by atoms with Crippen LogP contribution in [0, 0.1) is 0 Å². The fourth-order valence-electron chi connectivity index (χ4n) is 2.29. The Morgan fingerprint density at radius 2 is 2.47 bits per heavy atom. The first kappa shape index (κ1) is 12.0. The van der Waals surface area contributed by atoms with Gasteiger partial charge in [0.2, 0.25) is 5.91 Å². The molecule has 1 atom stereocenters. The number of rotatable bonds is 4. The molecule has 1 N–H and O–H groups in total. The van der Waals surface area contributed by atoms with Crippen LogP contribution >= 0.6 is 0 Å². The van der Waals surface area contributed by atoms with Crippen molar-refractivity contribution >= 4 is 5.91 Å². The average Bonchev–Trinajstić information content (AvgIpc) is 2.85. The Morgan fingerprint density at radius 1 is 1.59 bits per heavy atom. The van der Waals surface area contributed by atoms with Gasteiger partial charge in [-0.3, -0.25) is 9.78 Å². The Labute approximate surface area is 101 Å². The third-order valence-corrected chi connectivity index (χ3v) is 3.26. The molecule has 0 bridgehead atoms. The molecular formula is C13H18N2O2. The molecule has 1 aromatic heterocycles. The lowest BCUT2D eigenvalue weighted by atomic mass is 10.1. The van der Waals surface area contributed by atoms with Crippen molar-refractivity contribution < 1.29 is 9.90 Å².